The summed E-state index contributed by atoms with van der Waals surface area (Å²) in [5.74, 6) is 1.70. The lowest BCUT2D eigenvalue weighted by Gasteiger charge is -2.24. The second-order valence-electron chi connectivity index (χ2n) is 4.71. The van der Waals surface area contributed by atoms with Crippen molar-refractivity contribution in [3.8, 4) is 0 Å². The van der Waals surface area contributed by atoms with Gasteiger partial charge in [-0.15, -0.1) is 0 Å². The van der Waals surface area contributed by atoms with Crippen LogP contribution in [0.15, 0.2) is 29.7 Å². The molecular weight excluding hydrogens is 286 g/mol. The Morgan fingerprint density at radius 2 is 2.14 bits per heavy atom. The maximum absolute atomic E-state index is 11.9. The smallest absolute Gasteiger partial charge is 0.226 e. The fourth-order valence-electron chi connectivity index (χ4n) is 2.35. The summed E-state index contributed by atoms with van der Waals surface area (Å²) in [7, 11) is 0. The topological polar surface area (TPSA) is 93.8 Å². The Morgan fingerprint density at radius 3 is 2.86 bits per heavy atom. The highest BCUT2D eigenvalue weighted by atomic mass is 32.2. The molecule has 1 aliphatic rings. The molecule has 0 saturated heterocycles. The van der Waals surface area contributed by atoms with Crippen molar-refractivity contribution < 1.29 is 4.79 Å². The minimum absolute atomic E-state index is 0.0717. The lowest BCUT2D eigenvalue weighted by molar-refractivity contribution is -0.116. The van der Waals surface area contributed by atoms with Gasteiger partial charge in [-0.1, -0.05) is 24.8 Å². The van der Waals surface area contributed by atoms with Crippen LogP contribution in [0.4, 0.5) is 11.6 Å². The van der Waals surface area contributed by atoms with E-state index in [2.05, 4.69) is 27.2 Å². The maximum atomic E-state index is 11.9. The molecule has 0 aromatic carbocycles. The third-order valence-corrected chi connectivity index (χ3v) is 4.05. The number of hydrogen-bond donors (Lipinski definition) is 2. The van der Waals surface area contributed by atoms with Gasteiger partial charge in [-0.05, 0) is 17.4 Å². The molecule has 0 fully saturated rings. The van der Waals surface area contributed by atoms with Crippen LogP contribution in [0.2, 0.25) is 0 Å². The summed E-state index contributed by atoms with van der Waals surface area (Å²) in [5, 5.41) is 3.50. The molecule has 2 aromatic heterocycles. The van der Waals surface area contributed by atoms with Crippen LogP contribution in [0.25, 0.3) is 0 Å². The number of anilines is 2. The molecule has 108 valence electrons. The number of fused-ring (bicyclic) bond motifs is 1. The van der Waals surface area contributed by atoms with Crippen molar-refractivity contribution in [3.63, 3.8) is 0 Å². The first-order valence-corrected chi connectivity index (χ1v) is 7.67. The van der Waals surface area contributed by atoms with E-state index in [-0.39, 0.29) is 11.8 Å². The Kier molecular flexibility index (Phi) is 3.74. The molecule has 0 aliphatic carbocycles. The fourth-order valence-corrected chi connectivity index (χ4v) is 2.86. The molecule has 3 rings (SSSR count). The van der Waals surface area contributed by atoms with E-state index in [1.165, 1.54) is 0 Å². The number of carbonyl (C=O) groups excluding carboxylic acids is 1. The lowest BCUT2D eigenvalue weighted by Crippen LogP contribution is -2.25. The predicted octanol–water partition coefficient (Wildman–Crippen LogP) is 2.04. The SMILES string of the molecule is CCSc1ncc([C@H]2CC(=O)Nc3nc(N)ccc32)cn1. The summed E-state index contributed by atoms with van der Waals surface area (Å²) in [6.45, 7) is 2.06. The highest BCUT2D eigenvalue weighted by molar-refractivity contribution is 7.99. The predicted molar refractivity (Wildman–Crippen MR) is 82.2 cm³/mol. The molecule has 21 heavy (non-hydrogen) atoms. The molecule has 1 amide bonds. The van der Waals surface area contributed by atoms with Crippen molar-refractivity contribution in [1.29, 1.82) is 0 Å². The number of nitrogens with zero attached hydrogens (tertiary/aromatic N) is 3. The zero-order valence-corrected chi connectivity index (χ0v) is 12.4. The number of rotatable bonds is 3. The Balaban J connectivity index is 1.97. The van der Waals surface area contributed by atoms with Gasteiger partial charge in [0.15, 0.2) is 5.16 Å². The van der Waals surface area contributed by atoms with Crippen molar-refractivity contribution in [2.24, 2.45) is 0 Å². The number of hydrogen-bond acceptors (Lipinski definition) is 6. The molecular formula is C14H15N5OS. The van der Waals surface area contributed by atoms with E-state index >= 15 is 0 Å². The summed E-state index contributed by atoms with van der Waals surface area (Å²) in [6.07, 6.45) is 3.94. The van der Waals surface area contributed by atoms with Crippen molar-refractivity contribution in [2.45, 2.75) is 24.4 Å². The number of aromatic nitrogens is 3. The van der Waals surface area contributed by atoms with Crippen LogP contribution in [0, 0.1) is 0 Å². The van der Waals surface area contributed by atoms with Gasteiger partial charge < -0.3 is 11.1 Å². The summed E-state index contributed by atoms with van der Waals surface area (Å²) in [4.78, 5) is 24.7. The second-order valence-corrected chi connectivity index (χ2v) is 5.94. The molecule has 2 aromatic rings. The molecule has 0 radical (unpaired) electrons. The zero-order valence-electron chi connectivity index (χ0n) is 11.5. The van der Waals surface area contributed by atoms with Gasteiger partial charge in [0.25, 0.3) is 0 Å². The number of thioether (sulfide) groups is 1. The van der Waals surface area contributed by atoms with Crippen LogP contribution in [0.5, 0.6) is 0 Å². The highest BCUT2D eigenvalue weighted by Crippen LogP contribution is 2.36. The molecule has 0 bridgehead atoms. The Labute approximate surface area is 126 Å². The molecule has 7 heteroatoms. The van der Waals surface area contributed by atoms with E-state index < -0.39 is 0 Å². The quantitative estimate of drug-likeness (QED) is 0.665. The molecule has 0 saturated carbocycles. The molecule has 1 atom stereocenters. The van der Waals surface area contributed by atoms with E-state index in [9.17, 15) is 4.79 Å². The molecule has 3 heterocycles. The van der Waals surface area contributed by atoms with Gasteiger partial charge in [0, 0.05) is 30.3 Å². The Bertz CT molecular complexity index is 674. The number of nitrogen functional groups attached to an aromatic ring is 1. The lowest BCUT2D eigenvalue weighted by atomic mass is 9.88. The molecule has 0 spiro atoms. The van der Waals surface area contributed by atoms with Gasteiger partial charge in [0.2, 0.25) is 5.91 Å². The molecule has 6 nitrogen and oxygen atoms in total. The van der Waals surface area contributed by atoms with Crippen LogP contribution in [-0.2, 0) is 4.79 Å². The number of amides is 1. The van der Waals surface area contributed by atoms with Gasteiger partial charge in [0.05, 0.1) is 0 Å². The van der Waals surface area contributed by atoms with E-state index in [0.717, 1.165) is 22.0 Å². The Hall–Kier alpha value is -2.15. The first kappa shape index (κ1) is 13.8. The van der Waals surface area contributed by atoms with E-state index in [1.54, 1.807) is 30.2 Å². The van der Waals surface area contributed by atoms with E-state index in [1.807, 2.05) is 6.07 Å². The fraction of sp³-hybridized carbons (Fsp3) is 0.286. The van der Waals surface area contributed by atoms with Crippen LogP contribution in [0.1, 0.15) is 30.4 Å². The van der Waals surface area contributed by atoms with Crippen molar-refractivity contribution in [1.82, 2.24) is 15.0 Å². The van der Waals surface area contributed by atoms with Gasteiger partial charge in [-0.2, -0.15) is 0 Å². The Morgan fingerprint density at radius 1 is 1.38 bits per heavy atom. The third kappa shape index (κ3) is 2.82. The minimum Gasteiger partial charge on any atom is -0.384 e. The van der Waals surface area contributed by atoms with Crippen LogP contribution >= 0.6 is 11.8 Å². The van der Waals surface area contributed by atoms with Crippen molar-refractivity contribution in [2.75, 3.05) is 16.8 Å². The summed E-state index contributed by atoms with van der Waals surface area (Å²) >= 11 is 1.59. The molecule has 0 unspecified atom stereocenters. The first-order valence-electron chi connectivity index (χ1n) is 6.68. The first-order chi connectivity index (χ1) is 10.2. The zero-order chi connectivity index (χ0) is 14.8. The number of carbonyl (C=O) groups is 1. The normalized spacial score (nSPS) is 17.2. The van der Waals surface area contributed by atoms with Gasteiger partial charge >= 0.3 is 0 Å². The standard InChI is InChI=1S/C14H15N5OS/c1-2-21-14-16-6-8(7-17-14)10-5-12(20)19-13-9(10)3-4-11(15)18-13/h3-4,6-7,10H,2,5H2,1H3,(H3,15,18,19,20)/t10-/m1/s1. The van der Waals surface area contributed by atoms with E-state index in [0.29, 0.717) is 18.1 Å². The minimum atomic E-state index is -0.0810. The van der Waals surface area contributed by atoms with Gasteiger partial charge in [-0.25, -0.2) is 15.0 Å². The largest absolute Gasteiger partial charge is 0.384 e. The maximum Gasteiger partial charge on any atom is 0.226 e. The van der Waals surface area contributed by atoms with E-state index in [4.69, 9.17) is 5.73 Å². The average molecular weight is 301 g/mol. The molecule has 1 aliphatic heterocycles. The average Bonchev–Trinajstić information content (AvgIpc) is 2.47. The number of pyridine rings is 1. The molecule has 3 N–H and O–H groups in total. The monoisotopic (exact) mass is 301 g/mol. The van der Waals surface area contributed by atoms with Gasteiger partial charge in [-0.3, -0.25) is 4.79 Å². The second kappa shape index (κ2) is 5.69. The van der Waals surface area contributed by atoms with Crippen molar-refractivity contribution in [3.05, 3.63) is 35.7 Å². The van der Waals surface area contributed by atoms with Gasteiger partial charge in [0.1, 0.15) is 11.6 Å². The highest BCUT2D eigenvalue weighted by Gasteiger charge is 2.28. The van der Waals surface area contributed by atoms with Crippen molar-refractivity contribution >= 4 is 29.3 Å². The van der Waals surface area contributed by atoms with Crippen LogP contribution in [-0.4, -0.2) is 26.6 Å². The number of nitrogens with two attached hydrogens (primary N) is 1. The van der Waals surface area contributed by atoms with Crippen LogP contribution in [0.3, 0.4) is 0 Å². The third-order valence-electron chi connectivity index (χ3n) is 3.29. The number of nitrogens with one attached hydrogen (secondary N) is 1. The summed E-state index contributed by atoms with van der Waals surface area (Å²) < 4.78 is 0. The summed E-state index contributed by atoms with van der Waals surface area (Å²) in [5.41, 5.74) is 7.54. The summed E-state index contributed by atoms with van der Waals surface area (Å²) in [6, 6.07) is 3.64. The van der Waals surface area contributed by atoms with Crippen LogP contribution < -0.4 is 11.1 Å².